The first-order valence-corrected chi connectivity index (χ1v) is 9.12. The Hall–Kier alpha value is -2.41. The third kappa shape index (κ3) is 6.36. The van der Waals surface area contributed by atoms with Crippen molar-refractivity contribution in [3.63, 3.8) is 0 Å². The molecule has 0 radical (unpaired) electrons. The van der Waals surface area contributed by atoms with E-state index in [0.717, 1.165) is 6.42 Å². The van der Waals surface area contributed by atoms with Crippen molar-refractivity contribution in [1.82, 2.24) is 10.6 Å². The number of methoxy groups -OCH3 is 1. The molecule has 7 heteroatoms. The summed E-state index contributed by atoms with van der Waals surface area (Å²) in [6, 6.07) is 6.02. The molecule has 1 aromatic carbocycles. The fourth-order valence-corrected chi connectivity index (χ4v) is 2.72. The van der Waals surface area contributed by atoms with Crippen molar-refractivity contribution in [3.8, 4) is 0 Å². The van der Waals surface area contributed by atoms with E-state index in [1.54, 1.807) is 45.0 Å². The Kier molecular flexibility index (Phi) is 8.43. The molecule has 148 valence electrons. The number of thiocarbonyl (C=S) groups is 1. The number of hydrogen-bond donors (Lipinski definition) is 3. The van der Waals surface area contributed by atoms with Gasteiger partial charge in [-0.3, -0.25) is 4.79 Å². The molecule has 0 aliphatic heterocycles. The first-order chi connectivity index (χ1) is 12.6. The van der Waals surface area contributed by atoms with E-state index >= 15 is 0 Å². The second kappa shape index (κ2) is 10.1. The van der Waals surface area contributed by atoms with Gasteiger partial charge in [-0.05, 0) is 51.0 Å². The third-order valence-corrected chi connectivity index (χ3v) is 4.41. The van der Waals surface area contributed by atoms with Crippen LogP contribution >= 0.6 is 12.2 Å². The van der Waals surface area contributed by atoms with Gasteiger partial charge in [-0.1, -0.05) is 31.2 Å². The van der Waals surface area contributed by atoms with E-state index < -0.39 is 11.5 Å². The first kappa shape index (κ1) is 22.6. The quantitative estimate of drug-likeness (QED) is 0.374. The highest BCUT2D eigenvalue weighted by Gasteiger charge is 2.32. The Morgan fingerprint density at radius 1 is 1.41 bits per heavy atom. The maximum Gasteiger partial charge on any atom is 0.236 e. The molecule has 1 aromatic rings. The Morgan fingerprint density at radius 3 is 2.59 bits per heavy atom. The Labute approximate surface area is 165 Å². The molecule has 1 amide bonds. The molecule has 0 aliphatic carbocycles. The number of rotatable bonds is 7. The second-order valence-corrected chi connectivity index (χ2v) is 7.02. The monoisotopic (exact) mass is 393 g/mol. The fourth-order valence-electron chi connectivity index (χ4n) is 2.45. The summed E-state index contributed by atoms with van der Waals surface area (Å²) >= 11 is 5.23. The molecule has 0 saturated carbocycles. The van der Waals surface area contributed by atoms with Gasteiger partial charge in [0.1, 0.15) is 5.82 Å². The smallest absolute Gasteiger partial charge is 0.236 e. The lowest BCUT2D eigenvalue weighted by molar-refractivity contribution is -0.125. The van der Waals surface area contributed by atoms with Gasteiger partial charge in [-0.15, -0.1) is 0 Å². The van der Waals surface area contributed by atoms with E-state index in [0.29, 0.717) is 11.1 Å². The van der Waals surface area contributed by atoms with Gasteiger partial charge in [0.05, 0.1) is 18.6 Å². The van der Waals surface area contributed by atoms with Crippen LogP contribution in [-0.2, 0) is 9.53 Å². The van der Waals surface area contributed by atoms with Crippen molar-refractivity contribution in [2.24, 2.45) is 11.1 Å². The Morgan fingerprint density at radius 2 is 2.04 bits per heavy atom. The summed E-state index contributed by atoms with van der Waals surface area (Å²) in [5, 5.41) is 5.74. The standard InChI is InChI=1S/C20H28FN3O2S/c1-6-9-14(12-17(22)26-5)20(3,4)18(25)24-19(27)23-13(2)15-10-7-8-11-16(15)21/h7-13H,6,22H2,1-5H3,(H2,23,24,25,27)/b14-9+,17-12+/t13-/m0/s1. The van der Waals surface area contributed by atoms with Gasteiger partial charge < -0.3 is 21.1 Å². The number of ether oxygens (including phenoxy) is 1. The van der Waals surface area contributed by atoms with Crippen LogP contribution in [0.1, 0.15) is 45.7 Å². The Bertz CT molecular complexity index is 744. The Balaban J connectivity index is 2.87. The van der Waals surface area contributed by atoms with Crippen LogP contribution < -0.4 is 16.4 Å². The molecule has 1 atom stereocenters. The fraction of sp³-hybridized carbons (Fsp3) is 0.400. The number of carbonyl (C=O) groups is 1. The summed E-state index contributed by atoms with van der Waals surface area (Å²) in [6.45, 7) is 7.28. The van der Waals surface area contributed by atoms with Crippen molar-refractivity contribution in [2.75, 3.05) is 7.11 Å². The minimum Gasteiger partial charge on any atom is -0.483 e. The van der Waals surface area contributed by atoms with Gasteiger partial charge in [0.15, 0.2) is 11.0 Å². The maximum absolute atomic E-state index is 13.9. The molecular weight excluding hydrogens is 365 g/mol. The molecule has 0 bridgehead atoms. The third-order valence-electron chi connectivity index (χ3n) is 4.19. The van der Waals surface area contributed by atoms with Gasteiger partial charge in [0.25, 0.3) is 0 Å². The summed E-state index contributed by atoms with van der Waals surface area (Å²) in [4.78, 5) is 12.8. The zero-order valence-corrected chi connectivity index (χ0v) is 17.2. The maximum atomic E-state index is 13.9. The van der Waals surface area contributed by atoms with Crippen LogP contribution in [0.4, 0.5) is 4.39 Å². The highest BCUT2D eigenvalue weighted by molar-refractivity contribution is 7.80. The van der Waals surface area contributed by atoms with Crippen molar-refractivity contribution >= 4 is 23.2 Å². The summed E-state index contributed by atoms with van der Waals surface area (Å²) in [5.41, 5.74) is 6.03. The number of halogens is 1. The molecule has 27 heavy (non-hydrogen) atoms. The molecule has 4 N–H and O–H groups in total. The molecule has 1 rings (SSSR count). The molecule has 5 nitrogen and oxygen atoms in total. The van der Waals surface area contributed by atoms with Gasteiger partial charge >= 0.3 is 0 Å². The second-order valence-electron chi connectivity index (χ2n) is 6.61. The van der Waals surface area contributed by atoms with E-state index in [2.05, 4.69) is 10.6 Å². The molecule has 0 unspecified atom stereocenters. The van der Waals surface area contributed by atoms with E-state index in [4.69, 9.17) is 22.7 Å². The van der Waals surface area contributed by atoms with Crippen molar-refractivity contribution in [1.29, 1.82) is 0 Å². The lowest BCUT2D eigenvalue weighted by atomic mass is 9.82. The SMILES string of the molecule is CC/C=C(\C=C(/N)OC)C(C)(C)C(=O)NC(=S)N[C@@H](C)c1ccccc1F. The predicted octanol–water partition coefficient (Wildman–Crippen LogP) is 3.69. The summed E-state index contributed by atoms with van der Waals surface area (Å²) in [6.07, 6.45) is 4.26. The van der Waals surface area contributed by atoms with Gasteiger partial charge in [0, 0.05) is 11.6 Å². The van der Waals surface area contributed by atoms with E-state index in [1.165, 1.54) is 13.2 Å². The van der Waals surface area contributed by atoms with Crippen molar-refractivity contribution in [2.45, 2.75) is 40.2 Å². The molecule has 0 heterocycles. The lowest BCUT2D eigenvalue weighted by Crippen LogP contribution is -2.46. The largest absolute Gasteiger partial charge is 0.483 e. The van der Waals surface area contributed by atoms with Gasteiger partial charge in [-0.2, -0.15) is 0 Å². The first-order valence-electron chi connectivity index (χ1n) is 8.71. The zero-order chi connectivity index (χ0) is 20.6. The van der Waals surface area contributed by atoms with E-state index in [1.807, 2.05) is 13.0 Å². The van der Waals surface area contributed by atoms with Crippen LogP contribution in [0.25, 0.3) is 0 Å². The minimum absolute atomic E-state index is 0.128. The predicted molar refractivity (Wildman–Crippen MR) is 110 cm³/mol. The number of nitrogens with one attached hydrogen (secondary N) is 2. The number of carbonyl (C=O) groups excluding carboxylic acids is 1. The number of hydrogen-bond acceptors (Lipinski definition) is 4. The number of allylic oxidation sites excluding steroid dienone is 2. The molecule has 0 fully saturated rings. The van der Waals surface area contributed by atoms with Gasteiger partial charge in [-0.25, -0.2) is 4.39 Å². The minimum atomic E-state index is -0.897. The highest BCUT2D eigenvalue weighted by Crippen LogP contribution is 2.29. The zero-order valence-electron chi connectivity index (χ0n) is 16.4. The summed E-state index contributed by atoms with van der Waals surface area (Å²) in [7, 11) is 1.46. The highest BCUT2D eigenvalue weighted by atomic mass is 32.1. The molecular formula is C20H28FN3O2S. The van der Waals surface area contributed by atoms with Crippen molar-refractivity contribution in [3.05, 3.63) is 59.3 Å². The molecule has 0 aliphatic rings. The van der Waals surface area contributed by atoms with Crippen LogP contribution in [0.2, 0.25) is 0 Å². The van der Waals surface area contributed by atoms with Gasteiger partial charge in [0.2, 0.25) is 5.91 Å². The topological polar surface area (TPSA) is 76.4 Å². The molecule has 0 saturated heterocycles. The number of nitrogens with two attached hydrogens (primary N) is 1. The number of amides is 1. The van der Waals surface area contributed by atoms with Crippen LogP contribution in [0.3, 0.4) is 0 Å². The van der Waals surface area contributed by atoms with E-state index in [-0.39, 0.29) is 22.7 Å². The van der Waals surface area contributed by atoms with Crippen LogP contribution in [0.15, 0.2) is 47.9 Å². The molecule has 0 spiro atoms. The average molecular weight is 394 g/mol. The van der Waals surface area contributed by atoms with Crippen LogP contribution in [-0.4, -0.2) is 18.1 Å². The lowest BCUT2D eigenvalue weighted by Gasteiger charge is -2.27. The van der Waals surface area contributed by atoms with Crippen molar-refractivity contribution < 1.29 is 13.9 Å². The van der Waals surface area contributed by atoms with Crippen LogP contribution in [0, 0.1) is 11.2 Å². The summed E-state index contributed by atoms with van der Waals surface area (Å²) < 4.78 is 18.9. The average Bonchev–Trinajstić information content (AvgIpc) is 2.61. The molecule has 0 aromatic heterocycles. The number of benzene rings is 1. The van der Waals surface area contributed by atoms with Crippen LogP contribution in [0.5, 0.6) is 0 Å². The summed E-state index contributed by atoms with van der Waals surface area (Å²) in [5.74, 6) is -0.426. The van der Waals surface area contributed by atoms with E-state index in [9.17, 15) is 9.18 Å². The normalized spacial score (nSPS) is 13.7.